The molecule has 0 spiro atoms. The van der Waals surface area contributed by atoms with E-state index in [1.54, 1.807) is 0 Å². The maximum atomic E-state index is 12.4. The van der Waals surface area contributed by atoms with Gasteiger partial charge in [-0.3, -0.25) is 4.79 Å². The molecule has 27 heavy (non-hydrogen) atoms. The molecular formula is C19H25ClN4O2S. The zero-order valence-corrected chi connectivity index (χ0v) is 17.1. The molecule has 3 N–H and O–H groups in total. The zero-order chi connectivity index (χ0) is 18.5. The predicted molar refractivity (Wildman–Crippen MR) is 109 cm³/mol. The number of nitrogens with two attached hydrogens (primary N) is 1. The fraction of sp³-hybridized carbons (Fsp3) is 0.421. The van der Waals surface area contributed by atoms with Gasteiger partial charge in [-0.15, -0.1) is 12.4 Å². The number of aromatic nitrogens is 2. The van der Waals surface area contributed by atoms with Crippen molar-refractivity contribution >= 4 is 35.8 Å². The molecule has 1 unspecified atom stereocenters. The monoisotopic (exact) mass is 408 g/mol. The summed E-state index contributed by atoms with van der Waals surface area (Å²) in [6.45, 7) is 5.27. The van der Waals surface area contributed by atoms with Crippen LogP contribution in [0.2, 0.25) is 0 Å². The minimum atomic E-state index is -0.503. The molecule has 1 amide bonds. The predicted octanol–water partition coefficient (Wildman–Crippen LogP) is 3.36. The van der Waals surface area contributed by atoms with Crippen molar-refractivity contribution in [2.75, 3.05) is 18.5 Å². The van der Waals surface area contributed by atoms with Crippen LogP contribution in [0.5, 0.6) is 0 Å². The van der Waals surface area contributed by atoms with Gasteiger partial charge in [0.05, 0.1) is 6.04 Å². The molecule has 8 heteroatoms. The van der Waals surface area contributed by atoms with Crippen molar-refractivity contribution in [2.45, 2.75) is 42.8 Å². The van der Waals surface area contributed by atoms with Crippen molar-refractivity contribution in [1.29, 1.82) is 0 Å². The largest absolute Gasteiger partial charge is 0.381 e. The van der Waals surface area contributed by atoms with Gasteiger partial charge in [0.15, 0.2) is 5.16 Å². The van der Waals surface area contributed by atoms with E-state index >= 15 is 0 Å². The summed E-state index contributed by atoms with van der Waals surface area (Å²) < 4.78 is 5.32. The van der Waals surface area contributed by atoms with Crippen molar-refractivity contribution in [1.82, 2.24) is 9.97 Å². The molecule has 1 aliphatic rings. The first-order chi connectivity index (χ1) is 12.5. The number of halogens is 1. The number of hydrogen-bond acceptors (Lipinski definition) is 6. The van der Waals surface area contributed by atoms with Crippen LogP contribution in [0.25, 0.3) is 0 Å². The van der Waals surface area contributed by atoms with Crippen molar-refractivity contribution < 1.29 is 9.53 Å². The maximum absolute atomic E-state index is 12.4. The average molecular weight is 409 g/mol. The third kappa shape index (κ3) is 6.17. The number of amides is 1. The second-order valence-corrected chi connectivity index (χ2v) is 7.57. The van der Waals surface area contributed by atoms with E-state index in [0.29, 0.717) is 13.2 Å². The van der Waals surface area contributed by atoms with Crippen molar-refractivity contribution in [3.8, 4) is 0 Å². The summed E-state index contributed by atoms with van der Waals surface area (Å²) in [4.78, 5) is 22.2. The highest BCUT2D eigenvalue weighted by Gasteiger charge is 2.26. The lowest BCUT2D eigenvalue weighted by atomic mass is 9.92. The Morgan fingerprint density at radius 3 is 2.37 bits per heavy atom. The first-order valence-corrected chi connectivity index (χ1v) is 9.57. The third-order valence-corrected chi connectivity index (χ3v) is 5.24. The highest BCUT2D eigenvalue weighted by atomic mass is 35.5. The summed E-state index contributed by atoms with van der Waals surface area (Å²) in [5, 5.41) is 3.63. The minimum absolute atomic E-state index is 0. The molecule has 1 aromatic heterocycles. The molecule has 146 valence electrons. The molecule has 0 saturated carbocycles. The average Bonchev–Trinajstić information content (AvgIpc) is 2.62. The second-order valence-electron chi connectivity index (χ2n) is 6.52. The number of benzene rings is 1. The molecule has 0 aliphatic carbocycles. The molecule has 1 aliphatic heterocycles. The Morgan fingerprint density at radius 2 is 1.78 bits per heavy atom. The van der Waals surface area contributed by atoms with Crippen molar-refractivity contribution in [2.24, 2.45) is 11.7 Å². The normalized spacial score (nSPS) is 15.7. The second kappa shape index (κ2) is 10.0. The van der Waals surface area contributed by atoms with Gasteiger partial charge >= 0.3 is 0 Å². The number of carbonyl (C=O) groups excluding carboxylic acids is 1. The van der Waals surface area contributed by atoms with Gasteiger partial charge in [-0.2, -0.15) is 0 Å². The van der Waals surface area contributed by atoms with Gasteiger partial charge in [0, 0.05) is 35.2 Å². The molecule has 0 radical (unpaired) electrons. The molecular weight excluding hydrogens is 384 g/mol. The number of aryl methyl sites for hydroxylation is 2. The van der Waals surface area contributed by atoms with E-state index < -0.39 is 6.04 Å². The fourth-order valence-electron chi connectivity index (χ4n) is 2.97. The lowest BCUT2D eigenvalue weighted by molar-refractivity contribution is -0.119. The van der Waals surface area contributed by atoms with Gasteiger partial charge in [-0.25, -0.2) is 9.97 Å². The number of anilines is 1. The van der Waals surface area contributed by atoms with Gasteiger partial charge in [-0.05, 0) is 74.7 Å². The quantitative estimate of drug-likeness (QED) is 0.737. The number of nitrogens with one attached hydrogen (secondary N) is 1. The van der Waals surface area contributed by atoms with Crippen LogP contribution in [0.4, 0.5) is 5.69 Å². The summed E-state index contributed by atoms with van der Waals surface area (Å²) in [5.41, 5.74) is 8.75. The summed E-state index contributed by atoms with van der Waals surface area (Å²) in [6.07, 6.45) is 1.67. The minimum Gasteiger partial charge on any atom is -0.381 e. The van der Waals surface area contributed by atoms with Crippen molar-refractivity contribution in [3.05, 3.63) is 41.7 Å². The summed E-state index contributed by atoms with van der Waals surface area (Å²) in [6, 6.07) is 9.09. The first-order valence-electron chi connectivity index (χ1n) is 8.75. The van der Waals surface area contributed by atoms with Crippen LogP contribution in [-0.2, 0) is 9.53 Å². The van der Waals surface area contributed by atoms with Crippen LogP contribution >= 0.6 is 24.2 Å². The van der Waals surface area contributed by atoms with E-state index in [0.717, 1.165) is 40.0 Å². The SMILES string of the molecule is Cc1cc(C)nc(Sc2ccc(NC(=O)C(N)C3CCOCC3)cc2)n1.Cl. The van der Waals surface area contributed by atoms with Crippen LogP contribution in [0, 0.1) is 19.8 Å². The van der Waals surface area contributed by atoms with Gasteiger partial charge in [0.25, 0.3) is 0 Å². The maximum Gasteiger partial charge on any atom is 0.241 e. The topological polar surface area (TPSA) is 90.1 Å². The van der Waals surface area contributed by atoms with E-state index in [1.165, 1.54) is 11.8 Å². The van der Waals surface area contributed by atoms with Crippen LogP contribution in [-0.4, -0.2) is 35.1 Å². The molecule has 0 bridgehead atoms. The summed E-state index contributed by atoms with van der Waals surface area (Å²) in [5.74, 6) is 0.0373. The van der Waals surface area contributed by atoms with Crippen LogP contribution < -0.4 is 11.1 Å². The number of rotatable bonds is 5. The third-order valence-electron chi connectivity index (χ3n) is 4.37. The molecule has 1 fully saturated rings. The van der Waals surface area contributed by atoms with Gasteiger partial charge < -0.3 is 15.8 Å². The van der Waals surface area contributed by atoms with Gasteiger partial charge in [0.1, 0.15) is 0 Å². The van der Waals surface area contributed by atoms with Crippen LogP contribution in [0.15, 0.2) is 40.4 Å². The van der Waals surface area contributed by atoms with E-state index in [-0.39, 0.29) is 24.2 Å². The summed E-state index contributed by atoms with van der Waals surface area (Å²) >= 11 is 1.50. The molecule has 1 atom stereocenters. The molecule has 2 heterocycles. The number of carbonyl (C=O) groups is 1. The standard InChI is InChI=1S/C19H24N4O2S.ClH/c1-12-11-13(2)22-19(21-12)26-16-5-3-15(4-6-16)23-18(24)17(20)14-7-9-25-10-8-14;/h3-6,11,14,17H,7-10,20H2,1-2H3,(H,23,24);1H. The van der Waals surface area contributed by atoms with E-state index in [4.69, 9.17) is 10.5 Å². The lowest BCUT2D eigenvalue weighted by Gasteiger charge is -2.26. The molecule has 3 rings (SSSR count). The Bertz CT molecular complexity index is 747. The molecule has 1 aromatic carbocycles. The number of ether oxygens (including phenoxy) is 1. The highest BCUT2D eigenvalue weighted by Crippen LogP contribution is 2.26. The number of hydrogen-bond donors (Lipinski definition) is 2. The first kappa shape index (κ1) is 21.6. The van der Waals surface area contributed by atoms with Gasteiger partial charge in [0.2, 0.25) is 5.91 Å². The van der Waals surface area contributed by atoms with Crippen LogP contribution in [0.3, 0.4) is 0 Å². The smallest absolute Gasteiger partial charge is 0.241 e. The Morgan fingerprint density at radius 1 is 1.19 bits per heavy atom. The molecule has 2 aromatic rings. The fourth-order valence-corrected chi connectivity index (χ4v) is 3.83. The molecule has 6 nitrogen and oxygen atoms in total. The Hall–Kier alpha value is -1.67. The Kier molecular flexibility index (Phi) is 8.04. The summed E-state index contributed by atoms with van der Waals surface area (Å²) in [7, 11) is 0. The molecule has 1 saturated heterocycles. The number of nitrogens with zero attached hydrogens (tertiary/aromatic N) is 2. The van der Waals surface area contributed by atoms with Gasteiger partial charge in [-0.1, -0.05) is 0 Å². The Labute approximate surface area is 170 Å². The highest BCUT2D eigenvalue weighted by molar-refractivity contribution is 7.99. The van der Waals surface area contributed by atoms with E-state index in [9.17, 15) is 4.79 Å². The lowest BCUT2D eigenvalue weighted by Crippen LogP contribution is -2.43. The Balaban J connectivity index is 0.00000261. The zero-order valence-electron chi connectivity index (χ0n) is 15.5. The van der Waals surface area contributed by atoms with E-state index in [2.05, 4.69) is 15.3 Å². The van der Waals surface area contributed by atoms with Crippen molar-refractivity contribution in [3.63, 3.8) is 0 Å². The van der Waals surface area contributed by atoms with Crippen LogP contribution in [0.1, 0.15) is 24.2 Å². The van der Waals surface area contributed by atoms with E-state index in [1.807, 2.05) is 44.2 Å².